The van der Waals surface area contributed by atoms with Crippen LogP contribution in [0.15, 0.2) is 17.3 Å². The summed E-state index contributed by atoms with van der Waals surface area (Å²) >= 11 is 0. The maximum atomic E-state index is 10.6. The van der Waals surface area contributed by atoms with Crippen LogP contribution in [0, 0.1) is 6.57 Å². The second-order valence-corrected chi connectivity index (χ2v) is 3.69. The first-order valence-electron chi connectivity index (χ1n) is 5.02. The van der Waals surface area contributed by atoms with Crippen LogP contribution in [0.25, 0.3) is 4.85 Å². The van der Waals surface area contributed by atoms with Gasteiger partial charge in [0.2, 0.25) is 5.69 Å². The molecule has 0 bridgehead atoms. The summed E-state index contributed by atoms with van der Waals surface area (Å²) < 4.78 is 10.1. The van der Waals surface area contributed by atoms with Crippen LogP contribution >= 0.6 is 0 Å². The molecule has 0 aromatic carbocycles. The third-order valence-electron chi connectivity index (χ3n) is 2.44. The monoisotopic (exact) mass is 262 g/mol. The summed E-state index contributed by atoms with van der Waals surface area (Å²) in [7, 11) is 1.62. The fourth-order valence-corrected chi connectivity index (χ4v) is 1.41. The predicted molar refractivity (Wildman–Crippen MR) is 59.4 cm³/mol. The third-order valence-corrected chi connectivity index (χ3v) is 2.44. The Labute approximate surface area is 131 Å². The van der Waals surface area contributed by atoms with E-state index in [1.165, 1.54) is 6.07 Å². The summed E-state index contributed by atoms with van der Waals surface area (Å²) in [4.78, 5) is 21.7. The maximum absolute atomic E-state index is 10.6. The van der Waals surface area contributed by atoms with Crippen LogP contribution in [0.2, 0.25) is 0 Å². The van der Waals surface area contributed by atoms with Crippen molar-refractivity contribution in [2.75, 3.05) is 0 Å². The molecule has 1 aromatic heterocycles. The van der Waals surface area contributed by atoms with E-state index in [9.17, 15) is 9.90 Å². The van der Waals surface area contributed by atoms with Crippen molar-refractivity contribution in [1.82, 2.24) is 4.98 Å². The van der Waals surface area contributed by atoms with Crippen molar-refractivity contribution < 1.29 is 48.8 Å². The summed E-state index contributed by atoms with van der Waals surface area (Å²) in [6.45, 7) is 6.76. The second-order valence-electron chi connectivity index (χ2n) is 3.69. The zero-order valence-corrected chi connectivity index (χ0v) is 11.9. The molecule has 2 aliphatic heterocycles. The van der Waals surface area contributed by atoms with E-state index in [1.54, 1.807) is 7.48 Å². The quantitative estimate of drug-likeness (QED) is 0.315. The van der Waals surface area contributed by atoms with E-state index in [4.69, 9.17) is 15.9 Å². The predicted octanol–water partition coefficient (Wildman–Crippen LogP) is -3.89. The summed E-state index contributed by atoms with van der Waals surface area (Å²) in [5.74, 6) is -0.878. The zero-order valence-electron chi connectivity index (χ0n) is 9.86. The van der Waals surface area contributed by atoms with E-state index in [-0.39, 0.29) is 59.4 Å². The molecule has 1 radical (unpaired) electrons. The minimum atomic E-state index is -1.38. The summed E-state index contributed by atoms with van der Waals surface area (Å²) in [6.07, 6.45) is 1.10. The molecule has 7 nitrogen and oxygen atoms in total. The molecule has 1 atom stereocenters. The number of hydrogen-bond acceptors (Lipinski definition) is 6. The standard InChI is InChI=1S/C9H4B2N3O4.Na/c1-12-5-2-4(7(15)16)3-13-6(5)14-9-11(18-9)8-10-17-8;/h2-3,8H,(H,15,16);/q;+1/p-1/b14-9+;. The number of aliphatic imine (C=N–C) groups is 1. The zero-order chi connectivity index (χ0) is 12.7. The first kappa shape index (κ1) is 14.1. The van der Waals surface area contributed by atoms with E-state index in [0.717, 1.165) is 6.20 Å². The molecule has 3 heterocycles. The van der Waals surface area contributed by atoms with Crippen LogP contribution in [-0.4, -0.2) is 37.1 Å². The molecule has 85 valence electrons. The van der Waals surface area contributed by atoms with Crippen LogP contribution in [-0.2, 0) is 9.31 Å². The largest absolute Gasteiger partial charge is 1.00 e. The molecule has 19 heavy (non-hydrogen) atoms. The number of aromatic carboxylic acids is 1. The number of pyridine rings is 1. The molecule has 0 amide bonds. The fourth-order valence-electron chi connectivity index (χ4n) is 1.41. The Morgan fingerprint density at radius 2 is 2.42 bits per heavy atom. The van der Waals surface area contributed by atoms with Crippen molar-refractivity contribution in [2.24, 2.45) is 4.99 Å². The Morgan fingerprint density at radius 3 is 3.00 bits per heavy atom. The number of nitrogens with zero attached hydrogens (tertiary/aromatic N) is 3. The van der Waals surface area contributed by atoms with E-state index in [1.807, 2.05) is 0 Å². The summed E-state index contributed by atoms with van der Waals surface area (Å²) in [5, 5.41) is 10.6. The molecule has 0 N–H and O–H groups in total. The minimum absolute atomic E-state index is 0. The maximum Gasteiger partial charge on any atom is 1.00 e. The number of rotatable bonds is 3. The Balaban J connectivity index is 0.00000133. The number of aromatic nitrogens is 1. The smallest absolute Gasteiger partial charge is 0.545 e. The minimum Gasteiger partial charge on any atom is -0.545 e. The first-order chi connectivity index (χ1) is 8.69. The fraction of sp³-hybridized carbons (Fsp3) is 0.111. The van der Waals surface area contributed by atoms with Gasteiger partial charge in [0.15, 0.2) is 11.6 Å². The normalized spacial score (nSPS) is 20.7. The first-order valence-corrected chi connectivity index (χ1v) is 5.02. The summed E-state index contributed by atoms with van der Waals surface area (Å²) in [6, 6.07) is 1.17. The van der Waals surface area contributed by atoms with E-state index in [2.05, 4.69) is 14.8 Å². The number of carbonyl (C=O) groups is 1. The Bertz CT molecular complexity index is 614. The van der Waals surface area contributed by atoms with Crippen molar-refractivity contribution >= 4 is 37.7 Å². The van der Waals surface area contributed by atoms with Crippen LogP contribution in [0.5, 0.6) is 0 Å². The van der Waals surface area contributed by atoms with E-state index >= 15 is 0 Å². The van der Waals surface area contributed by atoms with Crippen molar-refractivity contribution in [3.05, 3.63) is 29.2 Å². The SMILES string of the molecule is [C-]#[N+]c1cc(C(=O)[O-])cnc1/N=C1/OB1C1[B]O1.[Na+]. The van der Waals surface area contributed by atoms with Gasteiger partial charge >= 0.3 is 44.0 Å². The molecule has 1 unspecified atom stereocenters. The van der Waals surface area contributed by atoms with Gasteiger partial charge in [-0.05, 0) is 6.07 Å². The number of hydrogen-bond donors (Lipinski definition) is 0. The molecule has 1 aromatic rings. The Kier molecular flexibility index (Phi) is 3.96. The van der Waals surface area contributed by atoms with Crippen LogP contribution in [0.4, 0.5) is 11.5 Å². The average molecular weight is 262 g/mol. The van der Waals surface area contributed by atoms with Crippen LogP contribution in [0.1, 0.15) is 10.4 Å². The van der Waals surface area contributed by atoms with Gasteiger partial charge in [-0.2, -0.15) is 0 Å². The van der Waals surface area contributed by atoms with Crippen molar-refractivity contribution in [1.29, 1.82) is 0 Å². The van der Waals surface area contributed by atoms with Crippen LogP contribution < -0.4 is 34.7 Å². The molecular weight excluding hydrogens is 259 g/mol. The van der Waals surface area contributed by atoms with Gasteiger partial charge < -0.3 is 19.2 Å². The van der Waals surface area contributed by atoms with Gasteiger partial charge in [-0.15, -0.1) is 0 Å². The van der Waals surface area contributed by atoms with Gasteiger partial charge in [-0.1, -0.05) is 0 Å². The van der Waals surface area contributed by atoms with Crippen molar-refractivity contribution in [3.63, 3.8) is 0 Å². The van der Waals surface area contributed by atoms with Gasteiger partial charge in [0.25, 0.3) is 0 Å². The van der Waals surface area contributed by atoms with Gasteiger partial charge in [-0.25, -0.2) is 14.8 Å². The molecule has 2 saturated heterocycles. The van der Waals surface area contributed by atoms with Crippen LogP contribution in [0.3, 0.4) is 0 Å². The average Bonchev–Trinajstić information content (AvgIpc) is 3.22. The molecule has 3 rings (SSSR count). The molecule has 0 aliphatic carbocycles. The van der Waals surface area contributed by atoms with E-state index < -0.39 is 5.97 Å². The van der Waals surface area contributed by atoms with Gasteiger partial charge in [0.05, 0.1) is 18.4 Å². The Hall–Kier alpha value is -1.33. The van der Waals surface area contributed by atoms with Crippen molar-refractivity contribution in [2.45, 2.75) is 5.90 Å². The third kappa shape index (κ3) is 2.98. The molecule has 10 heteroatoms. The van der Waals surface area contributed by atoms with E-state index in [0.29, 0.717) is 5.80 Å². The van der Waals surface area contributed by atoms with Gasteiger partial charge in [-0.3, -0.25) is 0 Å². The molecule has 2 aliphatic rings. The van der Waals surface area contributed by atoms with Gasteiger partial charge in [0.1, 0.15) is 0 Å². The van der Waals surface area contributed by atoms with Gasteiger partial charge in [0, 0.05) is 11.8 Å². The number of carbonyl (C=O) groups excluding carboxylic acids is 1. The summed E-state index contributed by atoms with van der Waals surface area (Å²) in [5.41, 5.74) is -0.115. The molecule has 0 spiro atoms. The Morgan fingerprint density at radius 1 is 1.68 bits per heavy atom. The number of carboxylic acid groups (broad SMARTS) is 1. The second kappa shape index (κ2) is 5.35. The molecule has 0 saturated carbocycles. The topological polar surface area (TPSA) is 94.8 Å². The number of carboxylic acids is 1. The molecular formula is C9H3B2N3NaO4. The molecule has 2 fully saturated rings. The van der Waals surface area contributed by atoms with Crippen molar-refractivity contribution in [3.8, 4) is 0 Å².